The Morgan fingerprint density at radius 2 is 1.82 bits per heavy atom. The average Bonchev–Trinajstić information content (AvgIpc) is 2.14. The average molecular weight is 258 g/mol. The maximum Gasteiger partial charge on any atom is 0.166 e. The second kappa shape index (κ2) is 6.49. The van der Waals surface area contributed by atoms with E-state index in [1.165, 1.54) is 12.1 Å². The maximum absolute atomic E-state index is 12.9. The van der Waals surface area contributed by atoms with E-state index in [1.54, 1.807) is 0 Å². The molecule has 0 heterocycles. The lowest BCUT2D eigenvalue weighted by Gasteiger charge is -2.12. The molecule has 0 aliphatic carbocycles. The molecule has 94 valence electrons. The molecule has 1 aromatic carbocycles. The van der Waals surface area contributed by atoms with Crippen LogP contribution in [-0.4, -0.2) is 17.7 Å². The highest BCUT2D eigenvalue weighted by molar-refractivity contribution is 7.80. The normalized spacial score (nSPS) is 10.4. The summed E-state index contributed by atoms with van der Waals surface area (Å²) in [4.78, 5) is 0. The standard InChI is InChI=1S/C12H16F2N2S/c1-8(2)16-12(17)15-4-3-9-5-10(13)7-11(14)6-9/h5-8H,3-4H2,1-2H3,(H2,15,16,17). The second-order valence-corrected chi connectivity index (χ2v) is 4.49. The molecule has 0 aliphatic heterocycles. The van der Waals surface area contributed by atoms with Crippen LogP contribution >= 0.6 is 12.2 Å². The van der Waals surface area contributed by atoms with E-state index in [-0.39, 0.29) is 6.04 Å². The van der Waals surface area contributed by atoms with E-state index in [0.717, 1.165) is 6.07 Å². The van der Waals surface area contributed by atoms with Crippen LogP contribution in [0.4, 0.5) is 8.78 Å². The van der Waals surface area contributed by atoms with E-state index in [2.05, 4.69) is 10.6 Å². The van der Waals surface area contributed by atoms with Gasteiger partial charge in [0, 0.05) is 18.7 Å². The first-order valence-corrected chi connectivity index (χ1v) is 5.87. The molecule has 0 saturated heterocycles. The van der Waals surface area contributed by atoms with Gasteiger partial charge in [-0.05, 0) is 50.2 Å². The third-order valence-electron chi connectivity index (χ3n) is 2.04. The maximum atomic E-state index is 12.9. The largest absolute Gasteiger partial charge is 0.362 e. The summed E-state index contributed by atoms with van der Waals surface area (Å²) in [6.45, 7) is 4.51. The molecule has 1 aromatic rings. The van der Waals surface area contributed by atoms with E-state index in [0.29, 0.717) is 23.6 Å². The van der Waals surface area contributed by atoms with E-state index < -0.39 is 11.6 Å². The zero-order valence-electron chi connectivity index (χ0n) is 9.89. The van der Waals surface area contributed by atoms with Gasteiger partial charge in [0.25, 0.3) is 0 Å². The van der Waals surface area contributed by atoms with Gasteiger partial charge in [0.15, 0.2) is 5.11 Å². The summed E-state index contributed by atoms with van der Waals surface area (Å²) in [5.41, 5.74) is 0.613. The van der Waals surface area contributed by atoms with Crippen molar-refractivity contribution in [1.82, 2.24) is 10.6 Å². The van der Waals surface area contributed by atoms with Crippen molar-refractivity contribution >= 4 is 17.3 Å². The molecule has 0 amide bonds. The third kappa shape index (κ3) is 5.58. The van der Waals surface area contributed by atoms with Crippen LogP contribution in [0.2, 0.25) is 0 Å². The SMILES string of the molecule is CC(C)NC(=S)NCCc1cc(F)cc(F)c1. The first-order valence-electron chi connectivity index (χ1n) is 5.46. The van der Waals surface area contributed by atoms with Crippen LogP contribution in [0.3, 0.4) is 0 Å². The van der Waals surface area contributed by atoms with Crippen LogP contribution < -0.4 is 10.6 Å². The zero-order chi connectivity index (χ0) is 12.8. The molecule has 2 N–H and O–H groups in total. The molecule has 5 heteroatoms. The number of nitrogens with one attached hydrogen (secondary N) is 2. The highest BCUT2D eigenvalue weighted by Crippen LogP contribution is 2.07. The summed E-state index contributed by atoms with van der Waals surface area (Å²) < 4.78 is 25.8. The number of hydrogen-bond acceptors (Lipinski definition) is 1. The predicted molar refractivity (Wildman–Crippen MR) is 68.9 cm³/mol. The minimum atomic E-state index is -0.553. The Morgan fingerprint density at radius 1 is 1.24 bits per heavy atom. The van der Waals surface area contributed by atoms with Gasteiger partial charge in [0.2, 0.25) is 0 Å². The van der Waals surface area contributed by atoms with Crippen molar-refractivity contribution in [3.05, 3.63) is 35.4 Å². The first kappa shape index (κ1) is 13.8. The van der Waals surface area contributed by atoms with Crippen molar-refractivity contribution < 1.29 is 8.78 Å². The van der Waals surface area contributed by atoms with Crippen LogP contribution in [0.15, 0.2) is 18.2 Å². The highest BCUT2D eigenvalue weighted by atomic mass is 32.1. The van der Waals surface area contributed by atoms with Crippen LogP contribution in [0.25, 0.3) is 0 Å². The zero-order valence-corrected chi connectivity index (χ0v) is 10.7. The number of halogens is 2. The van der Waals surface area contributed by atoms with Gasteiger partial charge in [0.05, 0.1) is 0 Å². The molecule has 0 aliphatic rings. The van der Waals surface area contributed by atoms with Crippen molar-refractivity contribution in [2.45, 2.75) is 26.3 Å². The second-order valence-electron chi connectivity index (χ2n) is 4.08. The van der Waals surface area contributed by atoms with Crippen LogP contribution in [-0.2, 0) is 6.42 Å². The van der Waals surface area contributed by atoms with Gasteiger partial charge in [0.1, 0.15) is 11.6 Å². The minimum absolute atomic E-state index is 0.265. The molecule has 0 bridgehead atoms. The summed E-state index contributed by atoms with van der Waals surface area (Å²) in [5.74, 6) is -1.11. The van der Waals surface area contributed by atoms with Crippen LogP contribution in [0.5, 0.6) is 0 Å². The van der Waals surface area contributed by atoms with Crippen LogP contribution in [0, 0.1) is 11.6 Å². The monoisotopic (exact) mass is 258 g/mol. The van der Waals surface area contributed by atoms with Gasteiger partial charge < -0.3 is 10.6 Å². The van der Waals surface area contributed by atoms with Crippen LogP contribution in [0.1, 0.15) is 19.4 Å². The molecule has 1 rings (SSSR count). The van der Waals surface area contributed by atoms with E-state index in [4.69, 9.17) is 12.2 Å². The van der Waals surface area contributed by atoms with Crippen molar-refractivity contribution in [3.8, 4) is 0 Å². The Labute approximate surface area is 105 Å². The molecule has 0 fully saturated rings. The number of hydrogen-bond donors (Lipinski definition) is 2. The van der Waals surface area contributed by atoms with Crippen molar-refractivity contribution in [2.24, 2.45) is 0 Å². The summed E-state index contributed by atoms with van der Waals surface area (Å²) in [6, 6.07) is 3.77. The van der Waals surface area contributed by atoms with Crippen molar-refractivity contribution in [3.63, 3.8) is 0 Å². The molecule has 0 aromatic heterocycles. The Bertz CT molecular complexity index is 374. The lowest BCUT2D eigenvalue weighted by molar-refractivity contribution is 0.579. The smallest absolute Gasteiger partial charge is 0.166 e. The van der Waals surface area contributed by atoms with Gasteiger partial charge in [-0.3, -0.25) is 0 Å². The van der Waals surface area contributed by atoms with E-state index in [1.807, 2.05) is 13.8 Å². The fourth-order valence-electron chi connectivity index (χ4n) is 1.39. The summed E-state index contributed by atoms with van der Waals surface area (Å²) >= 11 is 5.03. The van der Waals surface area contributed by atoms with Gasteiger partial charge in [-0.15, -0.1) is 0 Å². The molecule has 0 saturated carbocycles. The quantitative estimate of drug-likeness (QED) is 0.811. The van der Waals surface area contributed by atoms with Crippen molar-refractivity contribution in [1.29, 1.82) is 0 Å². The molecule has 0 unspecified atom stereocenters. The molecule has 0 spiro atoms. The topological polar surface area (TPSA) is 24.1 Å². The molecule has 2 nitrogen and oxygen atoms in total. The van der Waals surface area contributed by atoms with Gasteiger partial charge in [-0.1, -0.05) is 0 Å². The predicted octanol–water partition coefficient (Wildman–Crippen LogP) is 2.38. The highest BCUT2D eigenvalue weighted by Gasteiger charge is 2.01. The Hall–Kier alpha value is -1.23. The summed E-state index contributed by atoms with van der Waals surface area (Å²) in [5, 5.41) is 6.55. The first-order chi connectivity index (χ1) is 7.97. The number of rotatable bonds is 4. The fourth-order valence-corrected chi connectivity index (χ4v) is 1.73. The Kier molecular flexibility index (Phi) is 5.28. The molecule has 17 heavy (non-hydrogen) atoms. The van der Waals surface area contributed by atoms with Gasteiger partial charge in [-0.2, -0.15) is 0 Å². The summed E-state index contributed by atoms with van der Waals surface area (Å²) in [6.07, 6.45) is 0.522. The van der Waals surface area contributed by atoms with Gasteiger partial charge >= 0.3 is 0 Å². The fraction of sp³-hybridized carbons (Fsp3) is 0.417. The number of benzene rings is 1. The number of thiocarbonyl (C=S) groups is 1. The minimum Gasteiger partial charge on any atom is -0.362 e. The lowest BCUT2D eigenvalue weighted by atomic mass is 10.1. The Morgan fingerprint density at radius 3 is 2.35 bits per heavy atom. The lowest BCUT2D eigenvalue weighted by Crippen LogP contribution is -2.40. The van der Waals surface area contributed by atoms with Gasteiger partial charge in [-0.25, -0.2) is 8.78 Å². The molecular weight excluding hydrogens is 242 g/mol. The molecule has 0 radical (unpaired) electrons. The van der Waals surface area contributed by atoms with E-state index >= 15 is 0 Å². The van der Waals surface area contributed by atoms with Crippen molar-refractivity contribution in [2.75, 3.05) is 6.54 Å². The van der Waals surface area contributed by atoms with E-state index in [9.17, 15) is 8.78 Å². The molecule has 0 atom stereocenters. The third-order valence-corrected chi connectivity index (χ3v) is 2.30. The Balaban J connectivity index is 2.38. The summed E-state index contributed by atoms with van der Waals surface area (Å²) in [7, 11) is 0. The molecular formula is C12H16F2N2S.